The SMILES string of the molecule is C=C1CN2C(=C3C(=O)c4ccccc4N13)C(=O)c1ccccc12. The van der Waals surface area contributed by atoms with Crippen LogP contribution >= 0.6 is 0 Å². The molecule has 0 amide bonds. The Morgan fingerprint density at radius 3 is 2.09 bits per heavy atom. The fraction of sp³-hybridized carbons (Fsp3) is 0.0526. The molecule has 0 saturated carbocycles. The quantitative estimate of drug-likeness (QED) is 0.749. The van der Waals surface area contributed by atoms with Gasteiger partial charge in [-0.3, -0.25) is 9.59 Å². The number of carbonyl (C=O) groups is 2. The molecule has 3 aliphatic heterocycles. The van der Waals surface area contributed by atoms with Crippen molar-refractivity contribution >= 4 is 22.9 Å². The molecule has 3 heterocycles. The van der Waals surface area contributed by atoms with E-state index in [9.17, 15) is 9.59 Å². The highest BCUT2D eigenvalue weighted by molar-refractivity contribution is 6.29. The number of allylic oxidation sites excluding steroid dienone is 2. The molecule has 110 valence electrons. The first kappa shape index (κ1) is 12.4. The minimum absolute atomic E-state index is 0.0887. The fourth-order valence-corrected chi connectivity index (χ4v) is 3.68. The highest BCUT2D eigenvalue weighted by Crippen LogP contribution is 2.46. The third-order valence-corrected chi connectivity index (χ3v) is 4.63. The van der Waals surface area contributed by atoms with Crippen LogP contribution in [0.2, 0.25) is 0 Å². The number of anilines is 2. The zero-order valence-electron chi connectivity index (χ0n) is 12.2. The van der Waals surface area contributed by atoms with Crippen LogP contribution < -0.4 is 9.80 Å². The first-order valence-corrected chi connectivity index (χ1v) is 7.45. The summed E-state index contributed by atoms with van der Waals surface area (Å²) in [5.41, 5.74) is 4.64. The maximum atomic E-state index is 12.9. The molecule has 2 aromatic rings. The number of carbonyl (C=O) groups excluding carboxylic acids is 2. The van der Waals surface area contributed by atoms with E-state index in [1.54, 1.807) is 6.07 Å². The minimum Gasteiger partial charge on any atom is -0.330 e. The smallest absolute Gasteiger partial charge is 0.214 e. The third-order valence-electron chi connectivity index (χ3n) is 4.63. The highest BCUT2D eigenvalue weighted by atomic mass is 16.1. The zero-order chi connectivity index (χ0) is 15.7. The van der Waals surface area contributed by atoms with Crippen LogP contribution in [-0.2, 0) is 0 Å². The lowest BCUT2D eigenvalue weighted by Gasteiger charge is -2.34. The van der Waals surface area contributed by atoms with Gasteiger partial charge in [-0.15, -0.1) is 0 Å². The molecule has 23 heavy (non-hydrogen) atoms. The molecule has 0 spiro atoms. The van der Waals surface area contributed by atoms with Crippen LogP contribution in [0, 0.1) is 0 Å². The van der Waals surface area contributed by atoms with Gasteiger partial charge in [0.25, 0.3) is 0 Å². The molecule has 2 aromatic carbocycles. The van der Waals surface area contributed by atoms with E-state index in [2.05, 4.69) is 6.58 Å². The summed E-state index contributed by atoms with van der Waals surface area (Å²) in [6, 6.07) is 14.9. The van der Waals surface area contributed by atoms with Crippen molar-refractivity contribution in [1.82, 2.24) is 0 Å². The normalized spacial score (nSPS) is 18.2. The zero-order valence-corrected chi connectivity index (χ0v) is 12.2. The average Bonchev–Trinajstić information content (AvgIpc) is 3.03. The van der Waals surface area contributed by atoms with Gasteiger partial charge in [0.1, 0.15) is 11.4 Å². The molecule has 0 radical (unpaired) electrons. The first-order chi connectivity index (χ1) is 11.2. The van der Waals surface area contributed by atoms with Crippen molar-refractivity contribution < 1.29 is 9.59 Å². The number of Topliss-reactive ketones (excluding diaryl/α,β-unsaturated/α-hetero) is 2. The summed E-state index contributed by atoms with van der Waals surface area (Å²) in [4.78, 5) is 29.5. The van der Waals surface area contributed by atoms with E-state index in [4.69, 9.17) is 0 Å². The summed E-state index contributed by atoms with van der Waals surface area (Å²) >= 11 is 0. The van der Waals surface area contributed by atoms with Crippen LogP contribution in [-0.4, -0.2) is 18.1 Å². The van der Waals surface area contributed by atoms with Gasteiger partial charge in [-0.25, -0.2) is 0 Å². The molecule has 4 nitrogen and oxygen atoms in total. The predicted octanol–water partition coefficient (Wildman–Crippen LogP) is 3.13. The number of fused-ring (bicyclic) bond motifs is 6. The fourth-order valence-electron chi connectivity index (χ4n) is 3.68. The number of hydrogen-bond acceptors (Lipinski definition) is 4. The Morgan fingerprint density at radius 2 is 1.35 bits per heavy atom. The van der Waals surface area contributed by atoms with Crippen LogP contribution in [0.3, 0.4) is 0 Å². The van der Waals surface area contributed by atoms with E-state index in [-0.39, 0.29) is 11.6 Å². The maximum absolute atomic E-state index is 12.9. The van der Waals surface area contributed by atoms with Gasteiger partial charge < -0.3 is 9.80 Å². The number of benzene rings is 2. The predicted molar refractivity (Wildman–Crippen MR) is 87.5 cm³/mol. The van der Waals surface area contributed by atoms with Crippen LogP contribution in [0.5, 0.6) is 0 Å². The van der Waals surface area contributed by atoms with Crippen molar-refractivity contribution in [2.45, 2.75) is 0 Å². The standard InChI is InChI=1S/C19H12N2O2/c1-11-10-20-14-8-4-2-6-12(14)18(22)16(20)17-19(23)13-7-3-5-9-15(13)21(11)17/h2-9H,1,10H2. The van der Waals surface area contributed by atoms with Crippen LogP contribution in [0.4, 0.5) is 11.4 Å². The molecular weight excluding hydrogens is 288 g/mol. The molecule has 5 rings (SSSR count). The van der Waals surface area contributed by atoms with Gasteiger partial charge >= 0.3 is 0 Å². The van der Waals surface area contributed by atoms with Gasteiger partial charge in [-0.05, 0) is 24.3 Å². The summed E-state index contributed by atoms with van der Waals surface area (Å²) in [5, 5.41) is 0. The Bertz CT molecular complexity index is 971. The number of ketones is 2. The molecule has 0 N–H and O–H groups in total. The molecule has 3 aliphatic rings. The highest BCUT2D eigenvalue weighted by Gasteiger charge is 2.46. The molecule has 4 heteroatoms. The van der Waals surface area contributed by atoms with Crippen molar-refractivity contribution in [2.75, 3.05) is 16.3 Å². The average molecular weight is 300 g/mol. The Labute approximate surface area is 132 Å². The summed E-state index contributed by atoms with van der Waals surface area (Å²) in [6.07, 6.45) is 0. The molecule has 0 unspecified atom stereocenters. The van der Waals surface area contributed by atoms with Crippen molar-refractivity contribution in [1.29, 1.82) is 0 Å². The number of para-hydroxylation sites is 2. The molecule has 0 fully saturated rings. The maximum Gasteiger partial charge on any atom is 0.214 e. The van der Waals surface area contributed by atoms with Gasteiger partial charge in [0.05, 0.1) is 17.9 Å². The van der Waals surface area contributed by atoms with E-state index in [1.807, 2.05) is 52.3 Å². The first-order valence-electron chi connectivity index (χ1n) is 7.45. The second kappa shape index (κ2) is 3.98. The largest absolute Gasteiger partial charge is 0.330 e. The van der Waals surface area contributed by atoms with E-state index < -0.39 is 0 Å². The molecule has 0 saturated heterocycles. The van der Waals surface area contributed by atoms with Gasteiger partial charge in [-0.1, -0.05) is 30.8 Å². The van der Waals surface area contributed by atoms with Crippen molar-refractivity contribution in [3.63, 3.8) is 0 Å². The summed E-state index contributed by atoms with van der Waals surface area (Å²) in [5.74, 6) is -0.197. The second-order valence-corrected chi connectivity index (χ2v) is 5.88. The van der Waals surface area contributed by atoms with Gasteiger partial charge in [-0.2, -0.15) is 0 Å². The number of rotatable bonds is 0. The van der Waals surface area contributed by atoms with Crippen LogP contribution in [0.25, 0.3) is 0 Å². The summed E-state index contributed by atoms with van der Waals surface area (Å²) < 4.78 is 0. The van der Waals surface area contributed by atoms with E-state index >= 15 is 0 Å². The Morgan fingerprint density at radius 1 is 0.783 bits per heavy atom. The van der Waals surface area contributed by atoms with E-state index in [0.717, 1.165) is 17.1 Å². The van der Waals surface area contributed by atoms with Gasteiger partial charge in [0.15, 0.2) is 0 Å². The molecule has 0 aromatic heterocycles. The minimum atomic E-state index is -0.109. The number of nitrogens with zero attached hydrogens (tertiary/aromatic N) is 2. The molecule has 0 aliphatic carbocycles. The van der Waals surface area contributed by atoms with Crippen molar-refractivity contribution in [2.24, 2.45) is 0 Å². The van der Waals surface area contributed by atoms with Gasteiger partial charge in [0.2, 0.25) is 11.6 Å². The third kappa shape index (κ3) is 1.36. The molecular formula is C19H12N2O2. The summed E-state index contributed by atoms with van der Waals surface area (Å²) in [6.45, 7) is 4.64. The van der Waals surface area contributed by atoms with Gasteiger partial charge in [0, 0.05) is 16.8 Å². The Balaban J connectivity index is 1.83. The van der Waals surface area contributed by atoms with Crippen LogP contribution in [0.1, 0.15) is 20.7 Å². The van der Waals surface area contributed by atoms with E-state index in [1.165, 1.54) is 0 Å². The lowest BCUT2D eigenvalue weighted by Crippen LogP contribution is -2.39. The monoisotopic (exact) mass is 300 g/mol. The lowest BCUT2D eigenvalue weighted by molar-refractivity contribution is 0.100. The topological polar surface area (TPSA) is 40.6 Å². The number of hydrogen-bond donors (Lipinski definition) is 0. The van der Waals surface area contributed by atoms with E-state index in [0.29, 0.717) is 29.1 Å². The van der Waals surface area contributed by atoms with Crippen LogP contribution in [0.15, 0.2) is 72.2 Å². The second-order valence-electron chi connectivity index (χ2n) is 5.88. The Kier molecular flexibility index (Phi) is 2.15. The lowest BCUT2D eigenvalue weighted by atomic mass is 10.1. The molecule has 0 atom stereocenters. The Hall–Kier alpha value is -3.14. The van der Waals surface area contributed by atoms with Crippen molar-refractivity contribution in [3.8, 4) is 0 Å². The summed E-state index contributed by atoms with van der Waals surface area (Å²) in [7, 11) is 0. The molecule has 0 bridgehead atoms. The van der Waals surface area contributed by atoms with Crippen molar-refractivity contribution in [3.05, 3.63) is 83.3 Å².